The second-order valence-electron chi connectivity index (χ2n) is 4.82. The van der Waals surface area contributed by atoms with E-state index in [1.54, 1.807) is 0 Å². The van der Waals surface area contributed by atoms with Crippen molar-refractivity contribution in [2.75, 3.05) is 6.61 Å². The molecule has 1 aromatic carbocycles. The van der Waals surface area contributed by atoms with Crippen molar-refractivity contribution in [1.82, 2.24) is 0 Å². The van der Waals surface area contributed by atoms with Crippen LogP contribution in [0.1, 0.15) is 25.5 Å². The normalized spacial score (nSPS) is 25.9. The molecule has 0 bridgehead atoms. The van der Waals surface area contributed by atoms with Crippen molar-refractivity contribution in [3.05, 3.63) is 35.9 Å². The Kier molecular flexibility index (Phi) is 3.99. The van der Waals surface area contributed by atoms with Gasteiger partial charge in [0, 0.05) is 0 Å². The third-order valence-corrected chi connectivity index (χ3v) is 3.08. The highest BCUT2D eigenvalue weighted by Crippen LogP contribution is 2.27. The second-order valence-corrected chi connectivity index (χ2v) is 4.82. The van der Waals surface area contributed by atoms with Crippen molar-refractivity contribution in [2.24, 2.45) is 5.92 Å². The van der Waals surface area contributed by atoms with Crippen LogP contribution >= 0.6 is 0 Å². The Morgan fingerprint density at radius 3 is 2.56 bits per heavy atom. The van der Waals surface area contributed by atoms with Crippen LogP contribution < -0.4 is 0 Å². The molecule has 0 aromatic heterocycles. The molecule has 1 aromatic rings. The summed E-state index contributed by atoms with van der Waals surface area (Å²) in [7, 11) is 0. The van der Waals surface area contributed by atoms with Gasteiger partial charge >= 0.3 is 5.97 Å². The predicted molar refractivity (Wildman–Crippen MR) is 65.9 cm³/mol. The average Bonchev–Trinajstić information content (AvgIpc) is 2.39. The zero-order chi connectivity index (χ0) is 13.1. The summed E-state index contributed by atoms with van der Waals surface area (Å²) in [5.74, 6) is -0.541. The first-order valence-electron chi connectivity index (χ1n) is 6.14. The van der Waals surface area contributed by atoms with Crippen LogP contribution in [0.5, 0.6) is 0 Å². The van der Waals surface area contributed by atoms with Gasteiger partial charge in [0.1, 0.15) is 12.7 Å². The number of hydrogen-bond donors (Lipinski definition) is 1. The van der Waals surface area contributed by atoms with E-state index in [1.807, 2.05) is 44.2 Å². The molecular weight excluding hydrogens is 232 g/mol. The topological polar surface area (TPSA) is 55.8 Å². The van der Waals surface area contributed by atoms with Crippen molar-refractivity contribution in [3.8, 4) is 0 Å². The molecule has 1 fully saturated rings. The summed E-state index contributed by atoms with van der Waals surface area (Å²) in [6, 6.07) is 9.57. The summed E-state index contributed by atoms with van der Waals surface area (Å²) in [5.41, 5.74) is 0.950. The van der Waals surface area contributed by atoms with Crippen molar-refractivity contribution >= 4 is 5.97 Å². The summed E-state index contributed by atoms with van der Waals surface area (Å²) in [6.07, 6.45) is -2.05. The fourth-order valence-electron chi connectivity index (χ4n) is 1.92. The first-order valence-corrected chi connectivity index (χ1v) is 6.14. The predicted octanol–water partition coefficient (Wildman–Crippen LogP) is 1.69. The molecule has 98 valence electrons. The number of carbonyl (C=O) groups is 1. The van der Waals surface area contributed by atoms with Gasteiger partial charge in [-0.1, -0.05) is 44.2 Å². The Bertz CT molecular complexity index is 402. The Labute approximate surface area is 107 Å². The maximum Gasteiger partial charge on any atom is 0.338 e. The molecule has 1 saturated heterocycles. The number of cyclic esters (lactones) is 1. The molecular formula is C14H18O4. The molecule has 3 atom stereocenters. The molecule has 0 saturated carbocycles. The van der Waals surface area contributed by atoms with Gasteiger partial charge in [-0.15, -0.1) is 0 Å². The first-order chi connectivity index (χ1) is 8.59. The lowest BCUT2D eigenvalue weighted by molar-refractivity contribution is -0.200. The molecule has 1 aliphatic rings. The monoisotopic (exact) mass is 250 g/mol. The van der Waals surface area contributed by atoms with Gasteiger partial charge in [0.15, 0.2) is 6.10 Å². The highest BCUT2D eigenvalue weighted by Gasteiger charge is 2.38. The number of aliphatic hydroxyl groups excluding tert-OH is 1. The summed E-state index contributed by atoms with van der Waals surface area (Å²) in [4.78, 5) is 11.6. The maximum atomic E-state index is 11.6. The van der Waals surface area contributed by atoms with Gasteiger partial charge in [-0.2, -0.15) is 0 Å². The van der Waals surface area contributed by atoms with Crippen LogP contribution in [0.3, 0.4) is 0 Å². The lowest BCUT2D eigenvalue weighted by atomic mass is 10.0. The third-order valence-electron chi connectivity index (χ3n) is 3.08. The summed E-state index contributed by atoms with van der Waals surface area (Å²) < 4.78 is 10.8. The highest BCUT2D eigenvalue weighted by atomic mass is 16.6. The van der Waals surface area contributed by atoms with Gasteiger partial charge in [-0.25, -0.2) is 4.79 Å². The molecule has 2 rings (SSSR count). The van der Waals surface area contributed by atoms with Gasteiger partial charge < -0.3 is 14.6 Å². The zero-order valence-corrected chi connectivity index (χ0v) is 10.6. The zero-order valence-electron chi connectivity index (χ0n) is 10.6. The summed E-state index contributed by atoms with van der Waals surface area (Å²) in [6.45, 7) is 3.88. The molecule has 0 amide bonds. The van der Waals surface area contributed by atoms with E-state index in [0.29, 0.717) is 0 Å². The molecule has 18 heavy (non-hydrogen) atoms. The number of ether oxygens (including phenoxy) is 2. The van der Waals surface area contributed by atoms with E-state index in [1.165, 1.54) is 0 Å². The minimum absolute atomic E-state index is 0.0583. The SMILES string of the molecule is CC(C)[C@H](O)[C@@H]1O[C@@H](c2ccccc2)COC1=O. The number of carbonyl (C=O) groups excluding carboxylic acids is 1. The molecule has 1 heterocycles. The van der Waals surface area contributed by atoms with Gasteiger partial charge in [0.05, 0.1) is 6.10 Å². The Hall–Kier alpha value is -1.39. The smallest absolute Gasteiger partial charge is 0.338 e. The van der Waals surface area contributed by atoms with Crippen molar-refractivity contribution in [3.63, 3.8) is 0 Å². The minimum Gasteiger partial charge on any atom is -0.461 e. The first kappa shape index (κ1) is 13.1. The number of rotatable bonds is 3. The number of aliphatic hydroxyl groups is 1. The Balaban J connectivity index is 2.11. The molecule has 0 unspecified atom stereocenters. The van der Waals surface area contributed by atoms with E-state index >= 15 is 0 Å². The second kappa shape index (κ2) is 5.50. The van der Waals surface area contributed by atoms with Crippen LogP contribution in [-0.2, 0) is 14.3 Å². The lowest BCUT2D eigenvalue weighted by Crippen LogP contribution is -2.46. The van der Waals surface area contributed by atoms with E-state index < -0.39 is 18.2 Å². The number of esters is 1. The standard InChI is InChI=1S/C14H18O4/c1-9(2)12(15)13-14(16)17-8-11(18-13)10-6-4-3-5-7-10/h3-7,9,11-13,15H,8H2,1-2H3/t11-,12+,13+/m1/s1. The maximum absolute atomic E-state index is 11.6. The van der Waals surface area contributed by atoms with E-state index in [-0.39, 0.29) is 18.6 Å². The fourth-order valence-corrected chi connectivity index (χ4v) is 1.92. The molecule has 1 aliphatic heterocycles. The average molecular weight is 250 g/mol. The summed E-state index contributed by atoms with van der Waals surface area (Å²) >= 11 is 0. The lowest BCUT2D eigenvalue weighted by Gasteiger charge is -2.33. The van der Waals surface area contributed by atoms with Crippen LogP contribution in [0.2, 0.25) is 0 Å². The van der Waals surface area contributed by atoms with Crippen molar-refractivity contribution in [1.29, 1.82) is 0 Å². The molecule has 0 aliphatic carbocycles. The Morgan fingerprint density at radius 2 is 1.94 bits per heavy atom. The van der Waals surface area contributed by atoms with Crippen molar-refractivity contribution < 1.29 is 19.4 Å². The van der Waals surface area contributed by atoms with Gasteiger partial charge in [0.25, 0.3) is 0 Å². The van der Waals surface area contributed by atoms with Gasteiger partial charge in [-0.3, -0.25) is 0 Å². The number of benzene rings is 1. The van der Waals surface area contributed by atoms with E-state index in [4.69, 9.17) is 9.47 Å². The molecule has 4 heteroatoms. The number of hydrogen-bond acceptors (Lipinski definition) is 4. The molecule has 0 radical (unpaired) electrons. The molecule has 1 N–H and O–H groups in total. The van der Waals surface area contributed by atoms with Gasteiger partial charge in [0.2, 0.25) is 0 Å². The van der Waals surface area contributed by atoms with Crippen LogP contribution in [0.4, 0.5) is 0 Å². The molecule has 0 spiro atoms. The van der Waals surface area contributed by atoms with Crippen LogP contribution in [0, 0.1) is 5.92 Å². The minimum atomic E-state index is -0.899. The van der Waals surface area contributed by atoms with E-state index in [2.05, 4.69) is 0 Å². The van der Waals surface area contributed by atoms with Crippen LogP contribution in [0.25, 0.3) is 0 Å². The Morgan fingerprint density at radius 1 is 1.28 bits per heavy atom. The van der Waals surface area contributed by atoms with Crippen molar-refractivity contribution in [2.45, 2.75) is 32.2 Å². The van der Waals surface area contributed by atoms with E-state index in [0.717, 1.165) is 5.56 Å². The van der Waals surface area contributed by atoms with Crippen LogP contribution in [-0.4, -0.2) is 29.9 Å². The molecule has 4 nitrogen and oxygen atoms in total. The van der Waals surface area contributed by atoms with Gasteiger partial charge in [-0.05, 0) is 11.5 Å². The highest BCUT2D eigenvalue weighted by molar-refractivity contribution is 5.76. The third kappa shape index (κ3) is 2.71. The quantitative estimate of drug-likeness (QED) is 0.829. The largest absolute Gasteiger partial charge is 0.461 e. The fraction of sp³-hybridized carbons (Fsp3) is 0.500. The van der Waals surface area contributed by atoms with Crippen LogP contribution in [0.15, 0.2) is 30.3 Å². The summed E-state index contributed by atoms with van der Waals surface area (Å²) in [5, 5.41) is 9.96. The van der Waals surface area contributed by atoms with E-state index in [9.17, 15) is 9.90 Å².